The zero-order valence-corrected chi connectivity index (χ0v) is 12.3. The number of carbonyl (C=O) groups is 1. The lowest BCUT2D eigenvalue weighted by Gasteiger charge is -2.22. The highest BCUT2D eigenvalue weighted by Crippen LogP contribution is 2.26. The molecular formula is C14H21NO2S. The number of ether oxygens (including phenoxy) is 1. The van der Waals surface area contributed by atoms with Crippen LogP contribution >= 0.6 is 11.8 Å². The first-order chi connectivity index (χ1) is 8.62. The van der Waals surface area contributed by atoms with Gasteiger partial charge in [0.15, 0.2) is 0 Å². The molecule has 0 heterocycles. The van der Waals surface area contributed by atoms with Crippen LogP contribution in [0.25, 0.3) is 0 Å². The van der Waals surface area contributed by atoms with Gasteiger partial charge in [0.1, 0.15) is 5.75 Å². The number of amides is 1. The summed E-state index contributed by atoms with van der Waals surface area (Å²) in [6.45, 7) is 7.50. The highest BCUT2D eigenvalue weighted by Gasteiger charge is 2.18. The molecule has 0 saturated carbocycles. The molecule has 0 unspecified atom stereocenters. The lowest BCUT2D eigenvalue weighted by Crippen LogP contribution is -2.36. The summed E-state index contributed by atoms with van der Waals surface area (Å²) in [7, 11) is 1.65. The van der Waals surface area contributed by atoms with Gasteiger partial charge in [-0.3, -0.25) is 4.79 Å². The predicted molar refractivity (Wildman–Crippen MR) is 76.2 cm³/mol. The van der Waals surface area contributed by atoms with E-state index in [0.29, 0.717) is 0 Å². The summed E-state index contributed by atoms with van der Waals surface area (Å²) in [5, 5.41) is -0.0571. The Morgan fingerprint density at radius 1 is 1.28 bits per heavy atom. The van der Waals surface area contributed by atoms with Gasteiger partial charge >= 0.3 is 0 Å². The number of hydrogen-bond acceptors (Lipinski definition) is 3. The van der Waals surface area contributed by atoms with Crippen molar-refractivity contribution in [3.63, 3.8) is 0 Å². The molecule has 0 aliphatic heterocycles. The van der Waals surface area contributed by atoms with Crippen molar-refractivity contribution < 1.29 is 9.53 Å². The van der Waals surface area contributed by atoms with Gasteiger partial charge in [-0.2, -0.15) is 0 Å². The van der Waals surface area contributed by atoms with Crippen molar-refractivity contribution in [1.29, 1.82) is 0 Å². The van der Waals surface area contributed by atoms with Crippen LogP contribution in [0.15, 0.2) is 29.2 Å². The van der Waals surface area contributed by atoms with Crippen molar-refractivity contribution in [1.82, 2.24) is 4.90 Å². The third-order valence-corrected chi connectivity index (χ3v) is 3.89. The fourth-order valence-electron chi connectivity index (χ4n) is 1.70. The first kappa shape index (κ1) is 14.9. The van der Waals surface area contributed by atoms with Gasteiger partial charge in [0.2, 0.25) is 5.91 Å². The normalized spacial score (nSPS) is 12.0. The van der Waals surface area contributed by atoms with Crippen molar-refractivity contribution >= 4 is 17.7 Å². The second-order valence-corrected chi connectivity index (χ2v) is 5.36. The lowest BCUT2D eigenvalue weighted by molar-refractivity contribution is -0.129. The second kappa shape index (κ2) is 7.31. The fraction of sp³-hybridized carbons (Fsp3) is 0.500. The van der Waals surface area contributed by atoms with E-state index >= 15 is 0 Å². The van der Waals surface area contributed by atoms with Gasteiger partial charge in [0.05, 0.1) is 12.4 Å². The Morgan fingerprint density at radius 3 is 2.28 bits per heavy atom. The Balaban J connectivity index is 2.62. The maximum atomic E-state index is 12.1. The molecule has 1 atom stereocenters. The minimum Gasteiger partial charge on any atom is -0.497 e. The van der Waals surface area contributed by atoms with E-state index in [-0.39, 0.29) is 11.2 Å². The van der Waals surface area contributed by atoms with E-state index in [2.05, 4.69) is 0 Å². The maximum Gasteiger partial charge on any atom is 0.235 e. The Hall–Kier alpha value is -1.16. The number of benzene rings is 1. The van der Waals surface area contributed by atoms with Crippen LogP contribution < -0.4 is 4.74 Å². The van der Waals surface area contributed by atoms with Crippen LogP contribution in [0, 0.1) is 0 Å². The van der Waals surface area contributed by atoms with E-state index in [1.54, 1.807) is 18.9 Å². The summed E-state index contributed by atoms with van der Waals surface area (Å²) in [5.41, 5.74) is 0. The minimum atomic E-state index is -0.0571. The summed E-state index contributed by atoms with van der Waals surface area (Å²) < 4.78 is 5.11. The first-order valence-electron chi connectivity index (χ1n) is 6.21. The van der Waals surface area contributed by atoms with Gasteiger partial charge in [-0.05, 0) is 45.0 Å². The van der Waals surface area contributed by atoms with Crippen LogP contribution in [-0.4, -0.2) is 36.3 Å². The van der Waals surface area contributed by atoms with Crippen molar-refractivity contribution in [3.05, 3.63) is 24.3 Å². The zero-order chi connectivity index (χ0) is 13.5. The SMILES string of the molecule is CCN(CC)C(=O)[C@H](C)Sc1ccc(OC)cc1. The minimum absolute atomic E-state index is 0.0571. The largest absolute Gasteiger partial charge is 0.497 e. The van der Waals surface area contributed by atoms with Gasteiger partial charge in [-0.1, -0.05) is 0 Å². The molecule has 0 radical (unpaired) electrons. The van der Waals surface area contributed by atoms with E-state index in [4.69, 9.17) is 4.74 Å². The molecule has 1 rings (SSSR count). The Bertz CT molecular complexity index is 374. The first-order valence-corrected chi connectivity index (χ1v) is 7.09. The van der Waals surface area contributed by atoms with E-state index < -0.39 is 0 Å². The number of rotatable bonds is 6. The molecule has 0 N–H and O–H groups in total. The molecule has 1 aromatic carbocycles. The average Bonchev–Trinajstić information content (AvgIpc) is 2.40. The molecule has 1 aromatic rings. The smallest absolute Gasteiger partial charge is 0.235 e. The summed E-state index contributed by atoms with van der Waals surface area (Å²) in [5.74, 6) is 1.03. The molecule has 0 spiro atoms. The van der Waals surface area contributed by atoms with Crippen LogP contribution in [0.2, 0.25) is 0 Å². The second-order valence-electron chi connectivity index (χ2n) is 3.95. The topological polar surface area (TPSA) is 29.5 Å². The number of carbonyl (C=O) groups excluding carboxylic acids is 1. The molecule has 100 valence electrons. The van der Waals surface area contributed by atoms with Crippen LogP contribution in [0.1, 0.15) is 20.8 Å². The standard InChI is InChI=1S/C14H21NO2S/c1-5-15(6-2)14(16)11(3)18-13-9-7-12(17-4)8-10-13/h7-11H,5-6H2,1-4H3/t11-/m0/s1. The Morgan fingerprint density at radius 2 is 1.83 bits per heavy atom. The molecule has 18 heavy (non-hydrogen) atoms. The third-order valence-electron chi connectivity index (χ3n) is 2.80. The predicted octanol–water partition coefficient (Wildman–Crippen LogP) is 3.04. The van der Waals surface area contributed by atoms with E-state index in [1.165, 1.54) is 0 Å². The van der Waals surface area contributed by atoms with Gasteiger partial charge in [-0.25, -0.2) is 0 Å². The average molecular weight is 267 g/mol. The van der Waals surface area contributed by atoms with Crippen LogP contribution in [0.3, 0.4) is 0 Å². The molecule has 4 heteroatoms. The summed E-state index contributed by atoms with van der Waals surface area (Å²) in [6, 6.07) is 7.79. The highest BCUT2D eigenvalue weighted by molar-refractivity contribution is 8.00. The lowest BCUT2D eigenvalue weighted by atomic mass is 10.3. The summed E-state index contributed by atoms with van der Waals surface area (Å²) in [4.78, 5) is 15.1. The molecule has 0 aliphatic carbocycles. The number of nitrogens with zero attached hydrogens (tertiary/aromatic N) is 1. The molecule has 0 aliphatic rings. The van der Waals surface area contributed by atoms with Gasteiger partial charge < -0.3 is 9.64 Å². The zero-order valence-electron chi connectivity index (χ0n) is 11.5. The van der Waals surface area contributed by atoms with Crippen LogP contribution in [0.4, 0.5) is 0 Å². The molecule has 3 nitrogen and oxygen atoms in total. The maximum absolute atomic E-state index is 12.1. The van der Waals surface area contributed by atoms with E-state index in [9.17, 15) is 4.79 Å². The van der Waals surface area contributed by atoms with Gasteiger partial charge in [0, 0.05) is 18.0 Å². The van der Waals surface area contributed by atoms with E-state index in [0.717, 1.165) is 23.7 Å². The molecule has 0 saturated heterocycles. The number of hydrogen-bond donors (Lipinski definition) is 0. The van der Waals surface area contributed by atoms with Crippen molar-refractivity contribution in [2.24, 2.45) is 0 Å². The van der Waals surface area contributed by atoms with Crippen LogP contribution in [-0.2, 0) is 4.79 Å². The molecular weight excluding hydrogens is 246 g/mol. The number of methoxy groups -OCH3 is 1. The van der Waals surface area contributed by atoms with Gasteiger partial charge in [-0.15, -0.1) is 11.8 Å². The summed E-state index contributed by atoms with van der Waals surface area (Å²) in [6.07, 6.45) is 0. The van der Waals surface area contributed by atoms with Crippen LogP contribution in [0.5, 0.6) is 5.75 Å². The monoisotopic (exact) mass is 267 g/mol. The Labute approximate surface area is 114 Å². The molecule has 0 fully saturated rings. The molecule has 1 amide bonds. The summed E-state index contributed by atoms with van der Waals surface area (Å²) >= 11 is 1.58. The quantitative estimate of drug-likeness (QED) is 0.742. The third kappa shape index (κ3) is 3.95. The highest BCUT2D eigenvalue weighted by atomic mass is 32.2. The van der Waals surface area contributed by atoms with Crippen molar-refractivity contribution in [2.75, 3.05) is 20.2 Å². The fourth-order valence-corrected chi connectivity index (χ4v) is 2.65. The molecule has 0 bridgehead atoms. The number of thioether (sulfide) groups is 1. The van der Waals surface area contributed by atoms with E-state index in [1.807, 2.05) is 49.9 Å². The van der Waals surface area contributed by atoms with Gasteiger partial charge in [0.25, 0.3) is 0 Å². The van der Waals surface area contributed by atoms with Crippen molar-refractivity contribution in [2.45, 2.75) is 30.9 Å². The Kier molecular flexibility index (Phi) is 6.05. The van der Waals surface area contributed by atoms with Crippen molar-refractivity contribution in [3.8, 4) is 5.75 Å². The molecule has 0 aromatic heterocycles.